The van der Waals surface area contributed by atoms with Crippen LogP contribution in [0.4, 0.5) is 4.39 Å². The molecule has 2 aliphatic rings. The van der Waals surface area contributed by atoms with Crippen LogP contribution in [-0.2, 0) is 13.0 Å². The zero-order valence-electron chi connectivity index (χ0n) is 20.5. The molecule has 34 heavy (non-hydrogen) atoms. The molecule has 3 aromatic rings. The SMILES string of the molecule is Cc1c(F)cc2nc3c(c4c2c1CCC4NCCNCCN)Cn1c-3cc(C(C)C)c(C)c1=O. The monoisotopic (exact) mass is 463 g/mol. The molecule has 2 aromatic heterocycles. The number of fused-ring (bicyclic) bond motifs is 4. The number of aromatic nitrogens is 2. The molecule has 0 saturated carbocycles. The molecule has 3 heterocycles. The van der Waals surface area contributed by atoms with Crippen LogP contribution in [0.3, 0.4) is 0 Å². The van der Waals surface area contributed by atoms with Crippen LogP contribution in [0.25, 0.3) is 22.3 Å². The smallest absolute Gasteiger partial charge is 0.254 e. The average Bonchev–Trinajstić information content (AvgIpc) is 3.18. The summed E-state index contributed by atoms with van der Waals surface area (Å²) in [5.74, 6) is 0.0315. The molecule has 0 amide bonds. The number of nitrogens with zero attached hydrogens (tertiary/aromatic N) is 2. The third-order valence-corrected chi connectivity index (χ3v) is 7.55. The minimum absolute atomic E-state index is 0.0457. The average molecular weight is 464 g/mol. The molecular formula is C27H34FN5O. The first kappa shape index (κ1) is 23.1. The van der Waals surface area contributed by atoms with E-state index < -0.39 is 0 Å². The molecule has 0 fully saturated rings. The van der Waals surface area contributed by atoms with E-state index in [1.807, 2.05) is 18.4 Å². The third kappa shape index (κ3) is 3.58. The van der Waals surface area contributed by atoms with E-state index in [1.54, 1.807) is 6.07 Å². The summed E-state index contributed by atoms with van der Waals surface area (Å²) in [6.45, 7) is 11.5. The van der Waals surface area contributed by atoms with Crippen LogP contribution in [0.15, 0.2) is 16.9 Å². The van der Waals surface area contributed by atoms with Gasteiger partial charge in [-0.25, -0.2) is 9.37 Å². The molecule has 7 heteroatoms. The molecule has 1 unspecified atom stereocenters. The Balaban J connectivity index is 1.69. The predicted molar refractivity (Wildman–Crippen MR) is 135 cm³/mol. The van der Waals surface area contributed by atoms with E-state index in [4.69, 9.17) is 10.7 Å². The summed E-state index contributed by atoms with van der Waals surface area (Å²) >= 11 is 0. The first-order valence-corrected chi connectivity index (χ1v) is 12.4. The number of rotatable bonds is 7. The summed E-state index contributed by atoms with van der Waals surface area (Å²) in [5.41, 5.74) is 13.9. The molecule has 1 aromatic carbocycles. The fraction of sp³-hybridized carbons (Fsp3) is 0.481. The van der Waals surface area contributed by atoms with E-state index in [-0.39, 0.29) is 23.3 Å². The van der Waals surface area contributed by atoms with Crippen LogP contribution in [0.1, 0.15) is 65.6 Å². The van der Waals surface area contributed by atoms with E-state index in [0.29, 0.717) is 24.2 Å². The second kappa shape index (κ2) is 8.87. The largest absolute Gasteiger partial charge is 0.329 e. The molecule has 5 rings (SSSR count). The molecule has 1 aliphatic heterocycles. The fourth-order valence-corrected chi connectivity index (χ4v) is 5.79. The number of pyridine rings is 2. The fourth-order valence-electron chi connectivity index (χ4n) is 5.79. The van der Waals surface area contributed by atoms with Crippen molar-refractivity contribution in [2.45, 2.75) is 59.0 Å². The van der Waals surface area contributed by atoms with Crippen LogP contribution < -0.4 is 21.9 Å². The number of benzene rings is 1. The maximum absolute atomic E-state index is 14.9. The van der Waals surface area contributed by atoms with Gasteiger partial charge in [0.15, 0.2) is 0 Å². The molecule has 0 bridgehead atoms. The molecule has 0 saturated heterocycles. The number of hydrogen-bond acceptors (Lipinski definition) is 5. The van der Waals surface area contributed by atoms with Crippen LogP contribution in [-0.4, -0.2) is 35.7 Å². The Morgan fingerprint density at radius 1 is 1.18 bits per heavy atom. The van der Waals surface area contributed by atoms with Gasteiger partial charge >= 0.3 is 0 Å². The molecular weight excluding hydrogens is 429 g/mol. The Morgan fingerprint density at radius 3 is 2.71 bits per heavy atom. The summed E-state index contributed by atoms with van der Waals surface area (Å²) in [7, 11) is 0. The topological polar surface area (TPSA) is 85.0 Å². The van der Waals surface area contributed by atoms with Gasteiger partial charge in [0.2, 0.25) is 0 Å². The van der Waals surface area contributed by atoms with Gasteiger partial charge in [0.25, 0.3) is 5.56 Å². The highest BCUT2D eigenvalue weighted by Gasteiger charge is 2.34. The van der Waals surface area contributed by atoms with Crippen molar-refractivity contribution in [3.63, 3.8) is 0 Å². The highest BCUT2D eigenvalue weighted by molar-refractivity contribution is 5.92. The maximum atomic E-state index is 14.9. The first-order chi connectivity index (χ1) is 16.3. The Labute approximate surface area is 199 Å². The van der Waals surface area contributed by atoms with E-state index in [2.05, 4.69) is 30.5 Å². The van der Waals surface area contributed by atoms with Gasteiger partial charge < -0.3 is 20.9 Å². The van der Waals surface area contributed by atoms with Crippen molar-refractivity contribution in [1.29, 1.82) is 0 Å². The maximum Gasteiger partial charge on any atom is 0.254 e. The van der Waals surface area contributed by atoms with Gasteiger partial charge in [-0.15, -0.1) is 0 Å². The highest BCUT2D eigenvalue weighted by atomic mass is 19.1. The summed E-state index contributed by atoms with van der Waals surface area (Å²) < 4.78 is 16.7. The highest BCUT2D eigenvalue weighted by Crippen LogP contribution is 2.44. The first-order valence-electron chi connectivity index (χ1n) is 12.4. The molecule has 1 atom stereocenters. The number of nitrogens with one attached hydrogen (secondary N) is 2. The van der Waals surface area contributed by atoms with Gasteiger partial charge in [-0.05, 0) is 60.9 Å². The van der Waals surface area contributed by atoms with Gasteiger partial charge in [-0.1, -0.05) is 13.8 Å². The Morgan fingerprint density at radius 2 is 1.97 bits per heavy atom. The van der Waals surface area contributed by atoms with Gasteiger partial charge in [0, 0.05) is 54.8 Å². The molecule has 6 nitrogen and oxygen atoms in total. The zero-order valence-corrected chi connectivity index (χ0v) is 20.5. The minimum atomic E-state index is -0.208. The van der Waals surface area contributed by atoms with Gasteiger partial charge in [-0.3, -0.25) is 4.79 Å². The van der Waals surface area contributed by atoms with Crippen molar-refractivity contribution in [2.24, 2.45) is 5.73 Å². The van der Waals surface area contributed by atoms with E-state index >= 15 is 0 Å². The number of nitrogens with two attached hydrogens (primary N) is 1. The summed E-state index contributed by atoms with van der Waals surface area (Å²) in [6, 6.07) is 3.82. The van der Waals surface area contributed by atoms with Gasteiger partial charge in [0.05, 0.1) is 23.4 Å². The third-order valence-electron chi connectivity index (χ3n) is 7.55. The zero-order chi connectivity index (χ0) is 24.1. The van der Waals surface area contributed by atoms with Crippen LogP contribution in [0.2, 0.25) is 0 Å². The Bertz CT molecular complexity index is 1340. The number of hydrogen-bond donors (Lipinski definition) is 3. The van der Waals surface area contributed by atoms with Crippen LogP contribution in [0, 0.1) is 19.7 Å². The lowest BCUT2D eigenvalue weighted by atomic mass is 9.81. The van der Waals surface area contributed by atoms with Gasteiger partial charge in [0.1, 0.15) is 5.82 Å². The predicted octanol–water partition coefficient (Wildman–Crippen LogP) is 3.43. The van der Waals surface area contributed by atoms with Gasteiger partial charge in [-0.2, -0.15) is 0 Å². The second-order valence-corrected chi connectivity index (χ2v) is 9.95. The van der Waals surface area contributed by atoms with E-state index in [9.17, 15) is 9.18 Å². The van der Waals surface area contributed by atoms with Crippen molar-refractivity contribution in [1.82, 2.24) is 20.2 Å². The second-order valence-electron chi connectivity index (χ2n) is 9.95. The Kier molecular flexibility index (Phi) is 6.04. The van der Waals surface area contributed by atoms with Crippen LogP contribution >= 0.6 is 0 Å². The minimum Gasteiger partial charge on any atom is -0.329 e. The van der Waals surface area contributed by atoms with Crippen molar-refractivity contribution in [2.75, 3.05) is 26.2 Å². The molecule has 4 N–H and O–H groups in total. The van der Waals surface area contributed by atoms with E-state index in [0.717, 1.165) is 71.5 Å². The Hall–Kier alpha value is -2.61. The number of halogens is 1. The molecule has 0 spiro atoms. The lowest BCUT2D eigenvalue weighted by molar-refractivity contribution is 0.481. The lowest BCUT2D eigenvalue weighted by Gasteiger charge is -2.30. The van der Waals surface area contributed by atoms with E-state index in [1.165, 1.54) is 5.56 Å². The molecule has 0 radical (unpaired) electrons. The van der Waals surface area contributed by atoms with Crippen molar-refractivity contribution in [3.8, 4) is 11.4 Å². The molecule has 180 valence electrons. The normalized spacial score (nSPS) is 16.4. The quantitative estimate of drug-likeness (QED) is 0.366. The summed E-state index contributed by atoms with van der Waals surface area (Å²) in [4.78, 5) is 18.3. The molecule has 1 aliphatic carbocycles. The lowest BCUT2D eigenvalue weighted by Crippen LogP contribution is -2.34. The van der Waals surface area contributed by atoms with Crippen LogP contribution in [0.5, 0.6) is 0 Å². The van der Waals surface area contributed by atoms with Crippen molar-refractivity contribution < 1.29 is 4.39 Å². The standard InChI is InChI=1S/C27H34FN5O/c1-14(2)18-11-23-26-19(13-33(23)27(34)16(18)4)25-21(31-10-9-30-8-7-29)6-5-17-15(3)20(28)12-22(32-26)24(17)25/h11-12,14,21,30-31H,5-10,13,29H2,1-4H3. The summed E-state index contributed by atoms with van der Waals surface area (Å²) in [5, 5.41) is 8.12. The summed E-state index contributed by atoms with van der Waals surface area (Å²) in [6.07, 6.45) is 1.70. The van der Waals surface area contributed by atoms with Crippen molar-refractivity contribution >= 4 is 10.9 Å². The number of aryl methyl sites for hydroxylation is 1. The van der Waals surface area contributed by atoms with Crippen molar-refractivity contribution in [3.05, 3.63) is 61.7 Å².